The molecule has 0 aliphatic rings. The third kappa shape index (κ3) is 4.53. The SMILES string of the molecule is CC.CN.NC(N)c1ccc2ccccc2c1. The highest BCUT2D eigenvalue weighted by molar-refractivity contribution is 5.83. The molecule has 0 spiro atoms. The normalized spacial score (nSPS) is 9.12. The smallest absolute Gasteiger partial charge is 0.0784 e. The predicted molar refractivity (Wildman–Crippen MR) is 76.5 cm³/mol. The van der Waals surface area contributed by atoms with Crippen molar-refractivity contribution in [3.05, 3.63) is 48.0 Å². The van der Waals surface area contributed by atoms with Crippen molar-refractivity contribution in [3.8, 4) is 0 Å². The molecule has 0 bridgehead atoms. The fraction of sp³-hybridized carbons (Fsp3) is 0.286. The summed E-state index contributed by atoms with van der Waals surface area (Å²) in [5.74, 6) is 0. The molecule has 0 heterocycles. The van der Waals surface area contributed by atoms with Gasteiger partial charge in [-0.05, 0) is 29.4 Å². The van der Waals surface area contributed by atoms with Crippen LogP contribution in [0, 0.1) is 0 Å². The van der Waals surface area contributed by atoms with Gasteiger partial charge in [0.05, 0.1) is 6.17 Å². The van der Waals surface area contributed by atoms with Gasteiger partial charge < -0.3 is 17.2 Å². The molecule has 0 aromatic heterocycles. The van der Waals surface area contributed by atoms with Crippen LogP contribution in [0.1, 0.15) is 25.6 Å². The van der Waals surface area contributed by atoms with Crippen LogP contribution in [0.25, 0.3) is 10.8 Å². The summed E-state index contributed by atoms with van der Waals surface area (Å²) < 4.78 is 0. The maximum Gasteiger partial charge on any atom is 0.0784 e. The summed E-state index contributed by atoms with van der Waals surface area (Å²) in [6.07, 6.45) is -0.385. The molecule has 2 aromatic carbocycles. The van der Waals surface area contributed by atoms with Crippen LogP contribution < -0.4 is 17.2 Å². The van der Waals surface area contributed by atoms with Gasteiger partial charge >= 0.3 is 0 Å². The maximum absolute atomic E-state index is 5.58. The second-order valence-corrected chi connectivity index (χ2v) is 3.13. The summed E-state index contributed by atoms with van der Waals surface area (Å²) in [4.78, 5) is 0. The lowest BCUT2D eigenvalue weighted by Crippen LogP contribution is -2.19. The molecule has 3 heteroatoms. The van der Waals surface area contributed by atoms with E-state index in [9.17, 15) is 0 Å². The van der Waals surface area contributed by atoms with Gasteiger partial charge in [-0.15, -0.1) is 0 Å². The first-order valence-corrected chi connectivity index (χ1v) is 5.85. The van der Waals surface area contributed by atoms with Crippen molar-refractivity contribution in [1.82, 2.24) is 0 Å². The Bertz CT molecular complexity index is 424. The van der Waals surface area contributed by atoms with Crippen molar-refractivity contribution in [2.24, 2.45) is 17.2 Å². The number of nitrogens with two attached hydrogens (primary N) is 3. The molecule has 0 unspecified atom stereocenters. The Hall–Kier alpha value is -1.42. The molecule has 0 fully saturated rings. The van der Waals surface area contributed by atoms with Crippen LogP contribution in [0.3, 0.4) is 0 Å². The zero-order chi connectivity index (χ0) is 13.3. The molecule has 0 saturated heterocycles. The topological polar surface area (TPSA) is 78.1 Å². The fourth-order valence-corrected chi connectivity index (χ4v) is 1.42. The highest BCUT2D eigenvalue weighted by Gasteiger charge is 1.99. The van der Waals surface area contributed by atoms with Gasteiger partial charge in [0.15, 0.2) is 0 Å². The van der Waals surface area contributed by atoms with Crippen LogP contribution in [-0.4, -0.2) is 7.05 Å². The van der Waals surface area contributed by atoms with Gasteiger partial charge in [0.2, 0.25) is 0 Å². The average molecular weight is 233 g/mol. The molecule has 0 atom stereocenters. The molecule has 6 N–H and O–H groups in total. The van der Waals surface area contributed by atoms with Gasteiger partial charge in [-0.3, -0.25) is 0 Å². The standard InChI is InChI=1S/C11H12N2.C2H6.CH5N/c12-11(13)10-6-5-8-3-1-2-4-9(8)7-10;2*1-2/h1-7,11H,12-13H2;1-2H3;2H2,1H3. The van der Waals surface area contributed by atoms with Gasteiger partial charge in [0.1, 0.15) is 0 Å². The Kier molecular flexibility index (Phi) is 7.97. The minimum absolute atomic E-state index is 0.385. The van der Waals surface area contributed by atoms with E-state index in [1.807, 2.05) is 44.2 Å². The van der Waals surface area contributed by atoms with E-state index in [2.05, 4.69) is 17.9 Å². The van der Waals surface area contributed by atoms with E-state index >= 15 is 0 Å². The molecule has 3 nitrogen and oxygen atoms in total. The van der Waals surface area contributed by atoms with Crippen LogP contribution in [0.5, 0.6) is 0 Å². The first-order valence-electron chi connectivity index (χ1n) is 5.85. The molecule has 94 valence electrons. The molecule has 0 amide bonds. The Labute approximate surface area is 104 Å². The van der Waals surface area contributed by atoms with Crippen LogP contribution in [0.2, 0.25) is 0 Å². The minimum Gasteiger partial charge on any atom is -0.333 e. The highest BCUT2D eigenvalue weighted by atomic mass is 14.8. The second-order valence-electron chi connectivity index (χ2n) is 3.13. The number of benzene rings is 2. The van der Waals surface area contributed by atoms with Gasteiger partial charge in [0.25, 0.3) is 0 Å². The molecule has 2 rings (SSSR count). The van der Waals surface area contributed by atoms with E-state index in [-0.39, 0.29) is 6.17 Å². The Morgan fingerprint density at radius 3 is 1.88 bits per heavy atom. The number of hydrogen-bond acceptors (Lipinski definition) is 3. The first-order chi connectivity index (χ1) is 8.27. The monoisotopic (exact) mass is 233 g/mol. The quantitative estimate of drug-likeness (QED) is 0.662. The fourth-order valence-electron chi connectivity index (χ4n) is 1.42. The Morgan fingerprint density at radius 2 is 1.35 bits per heavy atom. The van der Waals surface area contributed by atoms with Crippen molar-refractivity contribution in [1.29, 1.82) is 0 Å². The van der Waals surface area contributed by atoms with Crippen molar-refractivity contribution in [2.45, 2.75) is 20.0 Å². The molecular formula is C14H23N3. The second kappa shape index (κ2) is 8.70. The van der Waals surface area contributed by atoms with E-state index in [1.54, 1.807) is 0 Å². The average Bonchev–Trinajstić information content (AvgIpc) is 2.42. The molecule has 0 aliphatic carbocycles. The van der Waals surface area contributed by atoms with Crippen LogP contribution in [-0.2, 0) is 0 Å². The van der Waals surface area contributed by atoms with Gasteiger partial charge in [-0.2, -0.15) is 0 Å². The van der Waals surface area contributed by atoms with Crippen LogP contribution in [0.15, 0.2) is 42.5 Å². The van der Waals surface area contributed by atoms with Crippen molar-refractivity contribution >= 4 is 10.8 Å². The minimum atomic E-state index is -0.385. The van der Waals surface area contributed by atoms with Crippen LogP contribution >= 0.6 is 0 Å². The summed E-state index contributed by atoms with van der Waals surface area (Å²) >= 11 is 0. The lowest BCUT2D eigenvalue weighted by Gasteiger charge is -2.06. The first kappa shape index (κ1) is 15.6. The maximum atomic E-state index is 5.58. The Balaban J connectivity index is 0.000000581. The Morgan fingerprint density at radius 1 is 0.824 bits per heavy atom. The van der Waals surface area contributed by atoms with E-state index in [1.165, 1.54) is 17.8 Å². The number of fused-ring (bicyclic) bond motifs is 1. The molecule has 2 aromatic rings. The molecular weight excluding hydrogens is 210 g/mol. The third-order valence-corrected chi connectivity index (χ3v) is 2.16. The predicted octanol–water partition coefficient (Wildman–Crippen LogP) is 2.36. The molecule has 17 heavy (non-hydrogen) atoms. The van der Waals surface area contributed by atoms with Crippen molar-refractivity contribution in [2.75, 3.05) is 7.05 Å². The molecule has 0 radical (unpaired) electrons. The lowest BCUT2D eigenvalue weighted by molar-refractivity contribution is 0.775. The number of hydrogen-bond donors (Lipinski definition) is 3. The largest absolute Gasteiger partial charge is 0.333 e. The number of rotatable bonds is 1. The summed E-state index contributed by atoms with van der Waals surface area (Å²) in [6, 6.07) is 14.2. The summed E-state index contributed by atoms with van der Waals surface area (Å²) in [5.41, 5.74) is 16.6. The summed E-state index contributed by atoms with van der Waals surface area (Å²) in [6.45, 7) is 4.00. The van der Waals surface area contributed by atoms with Gasteiger partial charge in [-0.1, -0.05) is 50.2 Å². The highest BCUT2D eigenvalue weighted by Crippen LogP contribution is 2.17. The van der Waals surface area contributed by atoms with Crippen LogP contribution in [0.4, 0.5) is 0 Å². The van der Waals surface area contributed by atoms with E-state index in [0.29, 0.717) is 0 Å². The van der Waals surface area contributed by atoms with E-state index < -0.39 is 0 Å². The van der Waals surface area contributed by atoms with Gasteiger partial charge in [0, 0.05) is 0 Å². The van der Waals surface area contributed by atoms with E-state index in [4.69, 9.17) is 11.5 Å². The zero-order valence-corrected chi connectivity index (χ0v) is 10.9. The van der Waals surface area contributed by atoms with Crippen molar-refractivity contribution < 1.29 is 0 Å². The molecule has 0 aliphatic heterocycles. The van der Waals surface area contributed by atoms with E-state index in [0.717, 1.165) is 5.56 Å². The molecule has 0 saturated carbocycles. The summed E-state index contributed by atoms with van der Waals surface area (Å²) in [5, 5.41) is 2.40. The van der Waals surface area contributed by atoms with Crippen molar-refractivity contribution in [3.63, 3.8) is 0 Å². The van der Waals surface area contributed by atoms with Gasteiger partial charge in [-0.25, -0.2) is 0 Å². The summed E-state index contributed by atoms with van der Waals surface area (Å²) in [7, 11) is 1.50. The zero-order valence-electron chi connectivity index (χ0n) is 10.9. The lowest BCUT2D eigenvalue weighted by atomic mass is 10.1. The third-order valence-electron chi connectivity index (χ3n) is 2.16.